The maximum absolute atomic E-state index is 9.11. The molecule has 0 aromatic heterocycles. The van der Waals surface area contributed by atoms with Crippen molar-refractivity contribution in [3.63, 3.8) is 0 Å². The van der Waals surface area contributed by atoms with Crippen LogP contribution in [-0.4, -0.2) is 23.6 Å². The van der Waals surface area contributed by atoms with Crippen molar-refractivity contribution >= 4 is 0 Å². The summed E-state index contributed by atoms with van der Waals surface area (Å²) < 4.78 is 10.6. The number of hydrogen-bond acceptors (Lipinski definition) is 3. The summed E-state index contributed by atoms with van der Waals surface area (Å²) in [5.74, 6) is 0. The van der Waals surface area contributed by atoms with Gasteiger partial charge in [-0.1, -0.05) is 20.8 Å². The molecule has 1 N–H and O–H groups in total. The van der Waals surface area contributed by atoms with Crippen molar-refractivity contribution < 1.29 is 14.6 Å². The molecule has 0 bridgehead atoms. The molecule has 3 heteroatoms. The van der Waals surface area contributed by atoms with Gasteiger partial charge in [-0.15, -0.1) is 0 Å². The zero-order chi connectivity index (χ0) is 11.1. The Labute approximate surface area is 91.1 Å². The molecule has 86 valence electrons. The van der Waals surface area contributed by atoms with Crippen LogP contribution in [0.1, 0.15) is 40.0 Å². The molecule has 2 heterocycles. The first-order chi connectivity index (χ1) is 6.96. The first-order valence-corrected chi connectivity index (χ1v) is 5.63. The van der Waals surface area contributed by atoms with Crippen LogP contribution in [0.25, 0.3) is 0 Å². The molecule has 3 unspecified atom stereocenters. The van der Waals surface area contributed by atoms with Gasteiger partial charge in [-0.3, -0.25) is 0 Å². The van der Waals surface area contributed by atoms with Gasteiger partial charge in [-0.2, -0.15) is 0 Å². The fraction of sp³-hybridized carbons (Fsp3) is 0.833. The summed E-state index contributed by atoms with van der Waals surface area (Å²) in [6, 6.07) is 0. The molecule has 2 aliphatic heterocycles. The van der Waals surface area contributed by atoms with Gasteiger partial charge in [-0.25, -0.2) is 0 Å². The quantitative estimate of drug-likeness (QED) is 0.713. The van der Waals surface area contributed by atoms with Gasteiger partial charge < -0.3 is 14.6 Å². The maximum atomic E-state index is 9.11. The molecular formula is C12H20O3. The van der Waals surface area contributed by atoms with Crippen LogP contribution < -0.4 is 0 Å². The molecule has 2 rings (SSSR count). The van der Waals surface area contributed by atoms with Gasteiger partial charge in [-0.05, 0) is 30.3 Å². The van der Waals surface area contributed by atoms with E-state index in [4.69, 9.17) is 14.6 Å². The Balaban J connectivity index is 1.84. The van der Waals surface area contributed by atoms with E-state index in [1.807, 2.05) is 6.26 Å². The van der Waals surface area contributed by atoms with Gasteiger partial charge >= 0.3 is 0 Å². The molecule has 3 atom stereocenters. The minimum absolute atomic E-state index is 0.0590. The highest BCUT2D eigenvalue weighted by Gasteiger charge is 2.45. The van der Waals surface area contributed by atoms with E-state index in [1.165, 1.54) is 5.57 Å². The number of aliphatic hydroxyl groups is 1. The van der Waals surface area contributed by atoms with Crippen molar-refractivity contribution in [3.8, 4) is 0 Å². The third-order valence-corrected chi connectivity index (χ3v) is 2.78. The highest BCUT2D eigenvalue weighted by molar-refractivity contribution is 5.06. The van der Waals surface area contributed by atoms with Gasteiger partial charge in [0.2, 0.25) is 0 Å². The Morgan fingerprint density at radius 1 is 1.47 bits per heavy atom. The summed E-state index contributed by atoms with van der Waals surface area (Å²) in [6.45, 7) is 6.69. The lowest BCUT2D eigenvalue weighted by Gasteiger charge is -2.26. The number of ether oxygens (including phenoxy) is 2. The first-order valence-electron chi connectivity index (χ1n) is 5.63. The molecule has 0 aromatic rings. The van der Waals surface area contributed by atoms with Gasteiger partial charge in [0, 0.05) is 0 Å². The standard InChI is InChI=1S/C12H20O3/c1-12(2,3)6-8-4-5-9(14-7-8)10-11(13)15-10/h7,9-11,13H,4-6H2,1-3H3. The number of aliphatic hydroxyl groups excluding tert-OH is 1. The summed E-state index contributed by atoms with van der Waals surface area (Å²) >= 11 is 0. The Morgan fingerprint density at radius 3 is 2.53 bits per heavy atom. The van der Waals surface area contributed by atoms with Crippen molar-refractivity contribution in [1.29, 1.82) is 0 Å². The van der Waals surface area contributed by atoms with Crippen LogP contribution in [0.5, 0.6) is 0 Å². The average Bonchev–Trinajstić information content (AvgIpc) is 2.81. The summed E-state index contributed by atoms with van der Waals surface area (Å²) in [7, 11) is 0. The van der Waals surface area contributed by atoms with E-state index in [2.05, 4.69) is 20.8 Å². The number of rotatable bonds is 2. The predicted octanol–water partition coefficient (Wildman–Crippen LogP) is 2.20. The van der Waals surface area contributed by atoms with Crippen molar-refractivity contribution in [1.82, 2.24) is 0 Å². The molecule has 0 aliphatic carbocycles. The van der Waals surface area contributed by atoms with Gasteiger partial charge in [0.15, 0.2) is 6.29 Å². The molecule has 2 aliphatic rings. The Morgan fingerprint density at radius 2 is 2.13 bits per heavy atom. The fourth-order valence-electron chi connectivity index (χ4n) is 2.08. The molecule has 0 aromatic carbocycles. The Kier molecular flexibility index (Phi) is 2.77. The van der Waals surface area contributed by atoms with Crippen LogP contribution in [0.15, 0.2) is 11.8 Å². The molecule has 15 heavy (non-hydrogen) atoms. The minimum atomic E-state index is -0.590. The molecule has 0 radical (unpaired) electrons. The Hall–Kier alpha value is -0.540. The number of allylic oxidation sites excluding steroid dienone is 1. The van der Waals surface area contributed by atoms with Crippen LogP contribution in [0.3, 0.4) is 0 Å². The van der Waals surface area contributed by atoms with E-state index >= 15 is 0 Å². The highest BCUT2D eigenvalue weighted by atomic mass is 16.7. The van der Waals surface area contributed by atoms with Crippen LogP contribution in [0.4, 0.5) is 0 Å². The van der Waals surface area contributed by atoms with E-state index in [1.54, 1.807) is 0 Å². The summed E-state index contributed by atoms with van der Waals surface area (Å²) in [5, 5.41) is 9.11. The first kappa shape index (κ1) is 11.0. The largest absolute Gasteiger partial charge is 0.495 e. The van der Waals surface area contributed by atoms with E-state index in [0.29, 0.717) is 5.41 Å². The summed E-state index contributed by atoms with van der Waals surface area (Å²) in [6.07, 6.45) is 4.36. The topological polar surface area (TPSA) is 42.0 Å². The molecule has 1 saturated heterocycles. The third kappa shape index (κ3) is 2.95. The zero-order valence-corrected chi connectivity index (χ0v) is 9.69. The fourth-order valence-corrected chi connectivity index (χ4v) is 2.08. The number of epoxide rings is 1. The lowest BCUT2D eigenvalue weighted by molar-refractivity contribution is 0.0874. The lowest BCUT2D eigenvalue weighted by Crippen LogP contribution is -2.23. The molecule has 0 amide bonds. The van der Waals surface area contributed by atoms with Crippen molar-refractivity contribution in [3.05, 3.63) is 11.8 Å². The maximum Gasteiger partial charge on any atom is 0.185 e. The second-order valence-electron chi connectivity index (χ2n) is 5.72. The molecule has 0 spiro atoms. The van der Waals surface area contributed by atoms with Crippen molar-refractivity contribution in [2.45, 2.75) is 58.5 Å². The van der Waals surface area contributed by atoms with Gasteiger partial charge in [0.1, 0.15) is 12.2 Å². The molecule has 3 nitrogen and oxygen atoms in total. The van der Waals surface area contributed by atoms with E-state index < -0.39 is 6.29 Å². The van der Waals surface area contributed by atoms with Crippen molar-refractivity contribution in [2.24, 2.45) is 5.41 Å². The van der Waals surface area contributed by atoms with Crippen LogP contribution >= 0.6 is 0 Å². The van der Waals surface area contributed by atoms with Crippen molar-refractivity contribution in [2.75, 3.05) is 0 Å². The summed E-state index contributed by atoms with van der Waals surface area (Å²) in [5.41, 5.74) is 1.69. The monoisotopic (exact) mass is 212 g/mol. The van der Waals surface area contributed by atoms with E-state index in [-0.39, 0.29) is 12.2 Å². The second-order valence-corrected chi connectivity index (χ2v) is 5.72. The van der Waals surface area contributed by atoms with Gasteiger partial charge in [0.25, 0.3) is 0 Å². The number of hydrogen-bond donors (Lipinski definition) is 1. The van der Waals surface area contributed by atoms with Crippen LogP contribution in [-0.2, 0) is 9.47 Å². The normalized spacial score (nSPS) is 35.7. The molecular weight excluding hydrogens is 192 g/mol. The second kappa shape index (κ2) is 3.80. The van der Waals surface area contributed by atoms with Crippen LogP contribution in [0.2, 0.25) is 0 Å². The van der Waals surface area contributed by atoms with Crippen LogP contribution in [0, 0.1) is 5.41 Å². The highest BCUT2D eigenvalue weighted by Crippen LogP contribution is 2.34. The SMILES string of the molecule is CC(C)(C)CC1=COC(C2OC2O)CC1. The molecule has 1 fully saturated rings. The third-order valence-electron chi connectivity index (χ3n) is 2.78. The average molecular weight is 212 g/mol. The molecule has 0 saturated carbocycles. The lowest BCUT2D eigenvalue weighted by atomic mass is 9.86. The summed E-state index contributed by atoms with van der Waals surface area (Å²) in [4.78, 5) is 0. The van der Waals surface area contributed by atoms with E-state index in [0.717, 1.165) is 19.3 Å². The minimum Gasteiger partial charge on any atom is -0.495 e. The van der Waals surface area contributed by atoms with Gasteiger partial charge in [0.05, 0.1) is 6.26 Å². The van der Waals surface area contributed by atoms with E-state index in [9.17, 15) is 0 Å². The zero-order valence-electron chi connectivity index (χ0n) is 9.69. The Bertz CT molecular complexity index is 265. The predicted molar refractivity (Wildman–Crippen MR) is 57.1 cm³/mol. The smallest absolute Gasteiger partial charge is 0.185 e.